The van der Waals surface area contributed by atoms with Gasteiger partial charge in [0, 0.05) is 18.7 Å². The molecule has 3 rings (SSSR count). The molecule has 0 unspecified atom stereocenters. The lowest BCUT2D eigenvalue weighted by Crippen LogP contribution is -2.47. The summed E-state index contributed by atoms with van der Waals surface area (Å²) in [6, 6.07) is 4.82. The summed E-state index contributed by atoms with van der Waals surface area (Å²) < 4.78 is 5.40. The van der Waals surface area contributed by atoms with Crippen molar-refractivity contribution >= 4 is 34.9 Å². The molecule has 0 atom stereocenters. The highest BCUT2D eigenvalue weighted by Crippen LogP contribution is 2.33. The second kappa shape index (κ2) is 7.21. The van der Waals surface area contributed by atoms with Gasteiger partial charge >= 0.3 is 0 Å². The van der Waals surface area contributed by atoms with Crippen molar-refractivity contribution in [2.75, 3.05) is 37.0 Å². The van der Waals surface area contributed by atoms with Gasteiger partial charge < -0.3 is 9.64 Å². The van der Waals surface area contributed by atoms with Gasteiger partial charge in [0.05, 0.1) is 11.6 Å². The number of amides is 2. The minimum absolute atomic E-state index is 0.0340. The molecule has 0 aliphatic carbocycles. The zero-order chi connectivity index (χ0) is 17.1. The molecule has 1 aromatic carbocycles. The van der Waals surface area contributed by atoms with E-state index in [1.165, 1.54) is 4.90 Å². The highest BCUT2D eigenvalue weighted by Gasteiger charge is 2.30. The Morgan fingerprint density at radius 3 is 2.62 bits per heavy atom. The topological polar surface area (TPSA) is 66.9 Å². The number of piperidine rings is 1. The number of nitrogens with zero attached hydrogens (tertiary/aromatic N) is 2. The number of rotatable bonds is 4. The van der Waals surface area contributed by atoms with Crippen molar-refractivity contribution in [1.29, 1.82) is 0 Å². The van der Waals surface area contributed by atoms with E-state index in [1.807, 2.05) is 0 Å². The Hall–Kier alpha value is -2.08. The van der Waals surface area contributed by atoms with Gasteiger partial charge in [0.1, 0.15) is 12.3 Å². The first-order valence-electron chi connectivity index (χ1n) is 8.04. The first-order valence-corrected chi connectivity index (χ1v) is 8.58. The fourth-order valence-corrected chi connectivity index (χ4v) is 3.16. The SMILES string of the molecule is O=C(CCl)c1ccc2c(c1)N(CC(=O)N1CCCCC1)C(=O)CO2. The van der Waals surface area contributed by atoms with Crippen LogP contribution in [0.2, 0.25) is 0 Å². The molecule has 2 heterocycles. The molecule has 24 heavy (non-hydrogen) atoms. The molecule has 0 bridgehead atoms. The number of fused-ring (bicyclic) bond motifs is 1. The van der Waals surface area contributed by atoms with Gasteiger partial charge in [0.15, 0.2) is 12.4 Å². The standard InChI is InChI=1S/C17H19ClN2O4/c18-9-14(21)12-4-5-15-13(8-12)20(17(23)11-24-15)10-16(22)19-6-2-1-3-7-19/h4-5,8H,1-3,6-7,9-11H2. The third-order valence-corrected chi connectivity index (χ3v) is 4.59. The van der Waals surface area contributed by atoms with Crippen LogP contribution >= 0.6 is 11.6 Å². The fraction of sp³-hybridized carbons (Fsp3) is 0.471. The average Bonchev–Trinajstić information content (AvgIpc) is 2.63. The Morgan fingerprint density at radius 1 is 1.17 bits per heavy atom. The molecular formula is C17H19ClN2O4. The molecule has 1 fully saturated rings. The largest absolute Gasteiger partial charge is 0.482 e. The smallest absolute Gasteiger partial charge is 0.265 e. The first-order chi connectivity index (χ1) is 11.6. The second-order valence-electron chi connectivity index (χ2n) is 5.95. The van der Waals surface area contributed by atoms with Crippen LogP contribution in [0.25, 0.3) is 0 Å². The number of carbonyl (C=O) groups is 3. The Bertz CT molecular complexity index is 671. The minimum Gasteiger partial charge on any atom is -0.482 e. The minimum atomic E-state index is -0.289. The summed E-state index contributed by atoms with van der Waals surface area (Å²) in [5.41, 5.74) is 0.852. The van der Waals surface area contributed by atoms with E-state index in [2.05, 4.69) is 0 Å². The lowest BCUT2D eigenvalue weighted by atomic mass is 10.1. The third-order valence-electron chi connectivity index (χ3n) is 4.35. The van der Waals surface area contributed by atoms with Crippen LogP contribution in [0.15, 0.2) is 18.2 Å². The number of carbonyl (C=O) groups excluding carboxylic acids is 3. The van der Waals surface area contributed by atoms with Crippen LogP contribution in [0.1, 0.15) is 29.6 Å². The number of ketones is 1. The molecule has 0 saturated carbocycles. The molecule has 1 aromatic rings. The summed E-state index contributed by atoms with van der Waals surface area (Å²) in [6.45, 7) is 1.32. The van der Waals surface area contributed by atoms with Crippen molar-refractivity contribution in [3.8, 4) is 5.75 Å². The maximum absolute atomic E-state index is 12.5. The molecule has 1 saturated heterocycles. The predicted octanol–water partition coefficient (Wildman–Crippen LogP) is 1.85. The summed E-state index contributed by atoms with van der Waals surface area (Å²) in [5.74, 6) is -0.249. The summed E-state index contributed by atoms with van der Waals surface area (Å²) >= 11 is 5.60. The number of benzene rings is 1. The Labute approximate surface area is 145 Å². The van der Waals surface area contributed by atoms with Crippen LogP contribution in [-0.4, -0.2) is 54.6 Å². The molecular weight excluding hydrogens is 332 g/mol. The Kier molecular flexibility index (Phi) is 5.04. The van der Waals surface area contributed by atoms with Gasteiger partial charge in [-0.3, -0.25) is 19.3 Å². The quantitative estimate of drug-likeness (QED) is 0.614. The van der Waals surface area contributed by atoms with E-state index in [4.69, 9.17) is 16.3 Å². The molecule has 0 radical (unpaired) electrons. The molecule has 2 aliphatic heterocycles. The highest BCUT2D eigenvalue weighted by molar-refractivity contribution is 6.30. The lowest BCUT2D eigenvalue weighted by Gasteiger charge is -2.32. The molecule has 6 nitrogen and oxygen atoms in total. The number of anilines is 1. The molecule has 0 N–H and O–H groups in total. The van der Waals surface area contributed by atoms with E-state index in [9.17, 15) is 14.4 Å². The molecule has 128 valence electrons. The van der Waals surface area contributed by atoms with Crippen molar-refractivity contribution in [1.82, 2.24) is 4.90 Å². The molecule has 7 heteroatoms. The number of halogens is 1. The summed E-state index contributed by atoms with van der Waals surface area (Å²) in [7, 11) is 0. The zero-order valence-electron chi connectivity index (χ0n) is 13.3. The van der Waals surface area contributed by atoms with Crippen molar-refractivity contribution in [3.05, 3.63) is 23.8 Å². The number of ether oxygens (including phenoxy) is 1. The summed E-state index contributed by atoms with van der Waals surface area (Å²) in [6.07, 6.45) is 3.12. The molecule has 0 spiro atoms. The fourth-order valence-electron chi connectivity index (χ4n) is 3.00. The average molecular weight is 351 g/mol. The van der Waals surface area contributed by atoms with E-state index in [-0.39, 0.29) is 36.6 Å². The van der Waals surface area contributed by atoms with Crippen LogP contribution in [0.4, 0.5) is 5.69 Å². The predicted molar refractivity (Wildman–Crippen MR) is 89.8 cm³/mol. The van der Waals surface area contributed by atoms with Crippen LogP contribution in [0.3, 0.4) is 0 Å². The van der Waals surface area contributed by atoms with Gasteiger partial charge in [-0.25, -0.2) is 0 Å². The van der Waals surface area contributed by atoms with Gasteiger partial charge in [-0.05, 0) is 37.5 Å². The number of hydrogen-bond donors (Lipinski definition) is 0. The van der Waals surface area contributed by atoms with Crippen molar-refractivity contribution in [3.63, 3.8) is 0 Å². The van der Waals surface area contributed by atoms with Crippen LogP contribution in [0.5, 0.6) is 5.75 Å². The van der Waals surface area contributed by atoms with Gasteiger partial charge in [-0.1, -0.05) is 0 Å². The normalized spacial score (nSPS) is 17.3. The van der Waals surface area contributed by atoms with E-state index >= 15 is 0 Å². The van der Waals surface area contributed by atoms with E-state index in [0.29, 0.717) is 17.0 Å². The van der Waals surface area contributed by atoms with Gasteiger partial charge in [0.25, 0.3) is 5.91 Å². The molecule has 2 amide bonds. The highest BCUT2D eigenvalue weighted by atomic mass is 35.5. The first kappa shape index (κ1) is 16.8. The third kappa shape index (κ3) is 3.38. The number of Topliss-reactive ketones (excluding diaryl/α,β-unsaturated/α-hetero) is 1. The Balaban J connectivity index is 1.84. The van der Waals surface area contributed by atoms with Crippen molar-refractivity contribution in [2.24, 2.45) is 0 Å². The molecule has 2 aliphatic rings. The second-order valence-corrected chi connectivity index (χ2v) is 6.22. The van der Waals surface area contributed by atoms with E-state index in [1.54, 1.807) is 23.1 Å². The molecule has 0 aromatic heterocycles. The number of likely N-dealkylation sites (tertiary alicyclic amines) is 1. The van der Waals surface area contributed by atoms with E-state index < -0.39 is 0 Å². The summed E-state index contributed by atoms with van der Waals surface area (Å²) in [4.78, 5) is 39.7. The van der Waals surface area contributed by atoms with Crippen LogP contribution < -0.4 is 9.64 Å². The van der Waals surface area contributed by atoms with Gasteiger partial charge in [-0.15, -0.1) is 11.6 Å². The Morgan fingerprint density at radius 2 is 1.92 bits per heavy atom. The van der Waals surface area contributed by atoms with E-state index in [0.717, 1.165) is 32.4 Å². The maximum Gasteiger partial charge on any atom is 0.265 e. The maximum atomic E-state index is 12.5. The number of hydrogen-bond acceptors (Lipinski definition) is 4. The van der Waals surface area contributed by atoms with Crippen LogP contribution in [-0.2, 0) is 9.59 Å². The van der Waals surface area contributed by atoms with Gasteiger partial charge in [0.2, 0.25) is 5.91 Å². The lowest BCUT2D eigenvalue weighted by molar-refractivity contribution is -0.132. The monoisotopic (exact) mass is 350 g/mol. The summed E-state index contributed by atoms with van der Waals surface area (Å²) in [5, 5.41) is 0. The number of alkyl halides is 1. The van der Waals surface area contributed by atoms with Crippen LogP contribution in [0, 0.1) is 0 Å². The van der Waals surface area contributed by atoms with Gasteiger partial charge in [-0.2, -0.15) is 0 Å². The van der Waals surface area contributed by atoms with Crippen molar-refractivity contribution < 1.29 is 19.1 Å². The van der Waals surface area contributed by atoms with Crippen molar-refractivity contribution in [2.45, 2.75) is 19.3 Å². The zero-order valence-corrected chi connectivity index (χ0v) is 14.1.